The zero-order valence-electron chi connectivity index (χ0n) is 22.6. The van der Waals surface area contributed by atoms with Crippen molar-refractivity contribution in [2.24, 2.45) is 0 Å². The summed E-state index contributed by atoms with van der Waals surface area (Å²) in [4.78, 5) is 23.7. The molecule has 4 heterocycles. The number of likely N-dealkylation sites (tertiary alicyclic amines) is 1. The van der Waals surface area contributed by atoms with E-state index in [4.69, 9.17) is 9.97 Å². The SMILES string of the molecule is C=CC(=O)N1CCC(NC2CCc3cc(-n4c(-c5ccc(F)cc5)nc5ccc(-n6cccn6)nc54)ccc32)CC1. The molecule has 7 rings (SSSR count). The van der Waals surface area contributed by atoms with Crippen LogP contribution >= 0.6 is 0 Å². The maximum atomic E-state index is 13.8. The Kier molecular flexibility index (Phi) is 6.43. The molecule has 8 nitrogen and oxygen atoms in total. The largest absolute Gasteiger partial charge is 0.339 e. The Morgan fingerprint density at radius 2 is 1.85 bits per heavy atom. The van der Waals surface area contributed by atoms with Gasteiger partial charge in [-0.25, -0.2) is 19.0 Å². The number of aryl methyl sites for hydroxylation is 1. The lowest BCUT2D eigenvalue weighted by Gasteiger charge is -2.33. The van der Waals surface area contributed by atoms with E-state index < -0.39 is 0 Å². The fraction of sp³-hybridized carbons (Fsp3) is 0.250. The molecule has 1 fully saturated rings. The molecule has 1 amide bonds. The third-order valence-electron chi connectivity index (χ3n) is 8.21. The minimum atomic E-state index is -0.287. The topological polar surface area (TPSA) is 80.9 Å². The highest BCUT2D eigenvalue weighted by atomic mass is 19.1. The van der Waals surface area contributed by atoms with Gasteiger partial charge in [0, 0.05) is 48.8 Å². The lowest BCUT2D eigenvalue weighted by Crippen LogP contribution is -2.45. The number of pyridine rings is 1. The number of piperidine rings is 1. The average Bonchev–Trinajstić information content (AvgIpc) is 3.76. The second-order valence-electron chi connectivity index (χ2n) is 10.7. The van der Waals surface area contributed by atoms with Crippen LogP contribution in [0.2, 0.25) is 0 Å². The van der Waals surface area contributed by atoms with Gasteiger partial charge in [-0.2, -0.15) is 5.10 Å². The molecule has 1 aliphatic heterocycles. The van der Waals surface area contributed by atoms with Gasteiger partial charge in [0.2, 0.25) is 5.91 Å². The highest BCUT2D eigenvalue weighted by molar-refractivity contribution is 5.87. The lowest BCUT2D eigenvalue weighted by atomic mass is 10.0. The Morgan fingerprint density at radius 3 is 2.61 bits per heavy atom. The Labute approximate surface area is 237 Å². The normalized spacial score (nSPS) is 17.2. The molecule has 1 aliphatic carbocycles. The van der Waals surface area contributed by atoms with Gasteiger partial charge in [-0.1, -0.05) is 12.6 Å². The van der Waals surface area contributed by atoms with Crippen molar-refractivity contribution in [3.8, 4) is 22.9 Å². The summed E-state index contributed by atoms with van der Waals surface area (Å²) in [6.07, 6.45) is 8.87. The molecule has 2 aromatic carbocycles. The number of halogens is 1. The number of nitrogens with zero attached hydrogens (tertiary/aromatic N) is 6. The Bertz CT molecular complexity index is 1730. The number of nitrogens with one attached hydrogen (secondary N) is 1. The summed E-state index contributed by atoms with van der Waals surface area (Å²) in [6, 6.07) is 19.4. The van der Waals surface area contributed by atoms with Crippen molar-refractivity contribution >= 4 is 17.1 Å². The molecule has 0 bridgehead atoms. The minimum Gasteiger partial charge on any atom is -0.339 e. The Hall–Kier alpha value is -4.63. The van der Waals surface area contributed by atoms with Gasteiger partial charge in [-0.3, -0.25) is 9.36 Å². The summed E-state index contributed by atoms with van der Waals surface area (Å²) in [5.74, 6) is 1.13. The van der Waals surface area contributed by atoms with Gasteiger partial charge in [-0.15, -0.1) is 0 Å². The zero-order chi connectivity index (χ0) is 27.9. The van der Waals surface area contributed by atoms with Crippen LogP contribution in [0.25, 0.3) is 34.1 Å². The fourth-order valence-electron chi connectivity index (χ4n) is 6.11. The third-order valence-corrected chi connectivity index (χ3v) is 8.21. The predicted octanol–water partition coefficient (Wildman–Crippen LogP) is 5.17. The van der Waals surface area contributed by atoms with Crippen LogP contribution in [0, 0.1) is 5.82 Å². The van der Waals surface area contributed by atoms with Crippen LogP contribution < -0.4 is 5.32 Å². The molecule has 41 heavy (non-hydrogen) atoms. The van der Waals surface area contributed by atoms with Gasteiger partial charge in [0.25, 0.3) is 0 Å². The van der Waals surface area contributed by atoms with Crippen molar-refractivity contribution in [1.29, 1.82) is 0 Å². The number of carbonyl (C=O) groups excluding carboxylic acids is 1. The van der Waals surface area contributed by atoms with Crippen LogP contribution in [0.5, 0.6) is 0 Å². The molecular weight excluding hydrogens is 517 g/mol. The molecule has 2 aliphatic rings. The molecule has 1 saturated heterocycles. The minimum absolute atomic E-state index is 0.0143. The Balaban J connectivity index is 1.23. The van der Waals surface area contributed by atoms with E-state index in [2.05, 4.69) is 39.8 Å². The van der Waals surface area contributed by atoms with Gasteiger partial charge in [0.15, 0.2) is 11.5 Å². The molecule has 1 unspecified atom stereocenters. The Morgan fingerprint density at radius 1 is 1.02 bits per heavy atom. The summed E-state index contributed by atoms with van der Waals surface area (Å²) < 4.78 is 17.6. The van der Waals surface area contributed by atoms with Crippen LogP contribution in [-0.2, 0) is 11.2 Å². The van der Waals surface area contributed by atoms with Crippen molar-refractivity contribution < 1.29 is 9.18 Å². The number of imidazole rings is 1. The number of benzene rings is 2. The summed E-state index contributed by atoms with van der Waals surface area (Å²) in [7, 11) is 0. The van der Waals surface area contributed by atoms with Gasteiger partial charge in [0.1, 0.15) is 17.2 Å². The van der Waals surface area contributed by atoms with Gasteiger partial charge in [-0.05, 0) is 97.5 Å². The molecule has 3 aromatic heterocycles. The van der Waals surface area contributed by atoms with Crippen LogP contribution in [0.4, 0.5) is 4.39 Å². The molecule has 0 spiro atoms. The van der Waals surface area contributed by atoms with Crippen LogP contribution in [0.15, 0.2) is 85.7 Å². The van der Waals surface area contributed by atoms with Gasteiger partial charge >= 0.3 is 0 Å². The first kappa shape index (κ1) is 25.3. The highest BCUT2D eigenvalue weighted by Crippen LogP contribution is 2.36. The van der Waals surface area contributed by atoms with Gasteiger partial charge < -0.3 is 10.2 Å². The number of hydrogen-bond acceptors (Lipinski definition) is 5. The summed E-state index contributed by atoms with van der Waals surface area (Å²) >= 11 is 0. The second-order valence-corrected chi connectivity index (χ2v) is 10.7. The lowest BCUT2D eigenvalue weighted by molar-refractivity contribution is -0.127. The molecule has 1 N–H and O–H groups in total. The zero-order valence-corrected chi connectivity index (χ0v) is 22.6. The monoisotopic (exact) mass is 547 g/mol. The number of hydrogen-bond donors (Lipinski definition) is 1. The maximum Gasteiger partial charge on any atom is 0.245 e. The highest BCUT2D eigenvalue weighted by Gasteiger charge is 2.28. The third kappa shape index (κ3) is 4.72. The first-order valence-corrected chi connectivity index (χ1v) is 14.0. The molecule has 0 radical (unpaired) electrons. The van der Waals surface area contributed by atoms with E-state index in [9.17, 15) is 9.18 Å². The number of rotatable bonds is 6. The van der Waals surface area contributed by atoms with E-state index in [1.807, 2.05) is 29.3 Å². The van der Waals surface area contributed by atoms with E-state index >= 15 is 0 Å². The number of fused-ring (bicyclic) bond motifs is 2. The van der Waals surface area contributed by atoms with Crippen molar-refractivity contribution in [2.45, 2.75) is 37.8 Å². The van der Waals surface area contributed by atoms with Crippen LogP contribution in [-0.4, -0.2) is 54.3 Å². The standard InChI is InChI=1S/C32H30FN7O/c1-2-30(41)38-18-14-24(15-19-38)35-27-11-6-22-20-25(9-10-26(22)27)40-31(21-4-7-23(33)8-5-21)36-28-12-13-29(37-32(28)40)39-17-3-16-34-39/h2-5,7-10,12-13,16-17,20,24,27,35H,1,6,11,14-15,18-19H2. The van der Waals surface area contributed by atoms with E-state index in [0.29, 0.717) is 23.3 Å². The van der Waals surface area contributed by atoms with E-state index in [0.717, 1.165) is 55.5 Å². The van der Waals surface area contributed by atoms with Gasteiger partial charge in [0.05, 0.1) is 0 Å². The number of aromatic nitrogens is 5. The maximum absolute atomic E-state index is 13.8. The van der Waals surface area contributed by atoms with Crippen LogP contribution in [0.3, 0.4) is 0 Å². The van der Waals surface area contributed by atoms with E-state index in [1.54, 1.807) is 23.0 Å². The van der Waals surface area contributed by atoms with E-state index in [1.165, 1.54) is 29.3 Å². The average molecular weight is 548 g/mol. The van der Waals surface area contributed by atoms with E-state index in [-0.39, 0.29) is 17.8 Å². The fourth-order valence-corrected chi connectivity index (χ4v) is 6.11. The molecule has 9 heteroatoms. The molecule has 0 saturated carbocycles. The summed E-state index contributed by atoms with van der Waals surface area (Å²) in [5.41, 5.74) is 5.86. The molecular formula is C32H30FN7O. The van der Waals surface area contributed by atoms with Crippen molar-refractivity contribution in [3.05, 3.63) is 103 Å². The van der Waals surface area contributed by atoms with Crippen molar-refractivity contribution in [2.75, 3.05) is 13.1 Å². The number of carbonyl (C=O) groups is 1. The second kappa shape index (κ2) is 10.4. The molecule has 1 atom stereocenters. The number of amides is 1. The van der Waals surface area contributed by atoms with Crippen LogP contribution in [0.1, 0.15) is 36.4 Å². The van der Waals surface area contributed by atoms with Crippen molar-refractivity contribution in [1.82, 2.24) is 34.5 Å². The molecule has 206 valence electrons. The molecule has 5 aromatic rings. The first-order chi connectivity index (χ1) is 20.1. The predicted molar refractivity (Wildman–Crippen MR) is 155 cm³/mol. The first-order valence-electron chi connectivity index (χ1n) is 14.0. The summed E-state index contributed by atoms with van der Waals surface area (Å²) in [5, 5.41) is 8.20. The quantitative estimate of drug-likeness (QED) is 0.297. The summed E-state index contributed by atoms with van der Waals surface area (Å²) in [6.45, 7) is 5.13. The smallest absolute Gasteiger partial charge is 0.245 e. The van der Waals surface area contributed by atoms with Crippen molar-refractivity contribution in [3.63, 3.8) is 0 Å².